The lowest BCUT2D eigenvalue weighted by molar-refractivity contribution is -0.144. The van der Waals surface area contributed by atoms with Crippen molar-refractivity contribution < 1.29 is 18.3 Å². The molecule has 8 heteroatoms. The molecule has 0 saturated carbocycles. The van der Waals surface area contributed by atoms with Gasteiger partial charge in [-0.25, -0.2) is 13.8 Å². The van der Waals surface area contributed by atoms with Crippen molar-refractivity contribution in [2.75, 3.05) is 20.7 Å². The molecule has 0 radical (unpaired) electrons. The molecule has 3 rings (SSSR count). The third-order valence-corrected chi connectivity index (χ3v) is 6.48. The van der Waals surface area contributed by atoms with Crippen LogP contribution in [0.2, 0.25) is 0 Å². The number of hydrogen-bond donors (Lipinski definition) is 1. The van der Waals surface area contributed by atoms with Gasteiger partial charge in [-0.1, -0.05) is 42.1 Å². The van der Waals surface area contributed by atoms with Gasteiger partial charge in [0.15, 0.2) is 0 Å². The average molecular weight is 434 g/mol. The smallest absolute Gasteiger partial charge is 0.273 e. The van der Waals surface area contributed by atoms with Crippen LogP contribution in [0.4, 0.5) is 8.78 Å². The second-order valence-corrected chi connectivity index (χ2v) is 8.28. The highest BCUT2D eigenvalue weighted by molar-refractivity contribution is 8.15. The molecular weight excluding hydrogens is 408 g/mol. The monoisotopic (exact) mass is 433 g/mol. The first kappa shape index (κ1) is 22.4. The van der Waals surface area contributed by atoms with E-state index in [1.807, 2.05) is 37.4 Å². The highest BCUT2D eigenvalue weighted by Crippen LogP contribution is 2.50. The Morgan fingerprint density at radius 2 is 2.00 bits per heavy atom. The molecule has 2 atom stereocenters. The van der Waals surface area contributed by atoms with E-state index in [2.05, 4.69) is 10.4 Å². The molecule has 1 N–H and O–H groups in total. The van der Waals surface area contributed by atoms with Gasteiger partial charge in [0.1, 0.15) is 27.7 Å². The van der Waals surface area contributed by atoms with Gasteiger partial charge in [0, 0.05) is 12.7 Å². The fourth-order valence-corrected chi connectivity index (χ4v) is 4.78. The Hall–Kier alpha value is -2.29. The second kappa shape index (κ2) is 9.68. The predicted molar refractivity (Wildman–Crippen MR) is 115 cm³/mol. The van der Waals surface area contributed by atoms with Gasteiger partial charge in [-0.3, -0.25) is 4.79 Å². The number of nitrogens with zero attached hydrogens (tertiary/aromatic N) is 2. The van der Waals surface area contributed by atoms with Crippen LogP contribution >= 0.6 is 11.8 Å². The van der Waals surface area contributed by atoms with Gasteiger partial charge in [0.2, 0.25) is 0 Å². The molecule has 1 aliphatic heterocycles. The minimum absolute atomic E-state index is 0.0364. The van der Waals surface area contributed by atoms with Crippen molar-refractivity contribution in [3.05, 3.63) is 71.3 Å². The lowest BCUT2D eigenvalue weighted by Gasteiger charge is -2.37. The number of halogens is 2. The van der Waals surface area contributed by atoms with E-state index < -0.39 is 22.6 Å². The third-order valence-electron chi connectivity index (χ3n) is 5.03. The minimum atomic E-state index is -0.893. The molecule has 0 bridgehead atoms. The lowest BCUT2D eigenvalue weighted by Crippen LogP contribution is -2.46. The molecule has 0 aromatic heterocycles. The first-order valence-electron chi connectivity index (χ1n) is 9.73. The number of amides is 1. The summed E-state index contributed by atoms with van der Waals surface area (Å²) in [5.41, 5.74) is 0.896. The largest absolute Gasteiger partial charge is 0.372 e. The van der Waals surface area contributed by atoms with Crippen molar-refractivity contribution in [3.8, 4) is 0 Å². The standard InChI is InChI=1S/C22H25F2N3O2S/c1-15(29-3)21(28)27-22(12-7-13-25-2,16-8-5-4-6-9-16)30-20(26-27)18-14-17(23)10-11-19(18)24/h4-6,8-11,14-15,25H,7,12-13H2,1-3H3/t15?,22-/m0/s1. The number of thioether (sulfide) groups is 1. The molecule has 0 fully saturated rings. The number of hydrogen-bond acceptors (Lipinski definition) is 5. The van der Waals surface area contributed by atoms with Gasteiger partial charge in [0.25, 0.3) is 5.91 Å². The topological polar surface area (TPSA) is 53.9 Å². The molecule has 30 heavy (non-hydrogen) atoms. The molecule has 2 aromatic carbocycles. The summed E-state index contributed by atoms with van der Waals surface area (Å²) in [6.07, 6.45) is 0.575. The zero-order chi connectivity index (χ0) is 21.7. The van der Waals surface area contributed by atoms with E-state index in [1.54, 1.807) is 6.92 Å². The zero-order valence-corrected chi connectivity index (χ0v) is 18.0. The Morgan fingerprint density at radius 3 is 2.67 bits per heavy atom. The highest BCUT2D eigenvalue weighted by Gasteiger charge is 2.49. The number of rotatable bonds is 8. The molecule has 160 valence electrons. The van der Waals surface area contributed by atoms with Crippen LogP contribution in [0.3, 0.4) is 0 Å². The highest BCUT2D eigenvalue weighted by atomic mass is 32.2. The van der Waals surface area contributed by atoms with Crippen LogP contribution in [0.1, 0.15) is 30.9 Å². The molecule has 1 amide bonds. The van der Waals surface area contributed by atoms with Crippen LogP contribution in [0.25, 0.3) is 0 Å². The van der Waals surface area contributed by atoms with Crippen molar-refractivity contribution >= 4 is 22.7 Å². The Bertz CT molecular complexity index is 926. The van der Waals surface area contributed by atoms with Crippen LogP contribution in [0, 0.1) is 11.6 Å². The summed E-state index contributed by atoms with van der Waals surface area (Å²) in [6.45, 7) is 2.38. The van der Waals surface area contributed by atoms with E-state index in [0.717, 1.165) is 36.7 Å². The van der Waals surface area contributed by atoms with Crippen molar-refractivity contribution in [2.24, 2.45) is 5.10 Å². The Labute approximate surface area is 179 Å². The van der Waals surface area contributed by atoms with Gasteiger partial charge < -0.3 is 10.1 Å². The normalized spacial score (nSPS) is 19.6. The molecule has 5 nitrogen and oxygen atoms in total. The van der Waals surface area contributed by atoms with E-state index in [4.69, 9.17) is 4.74 Å². The van der Waals surface area contributed by atoms with Gasteiger partial charge in [-0.05, 0) is 57.1 Å². The number of carbonyl (C=O) groups excluding carboxylic acids is 1. The number of benzene rings is 2. The van der Waals surface area contributed by atoms with E-state index >= 15 is 0 Å². The van der Waals surface area contributed by atoms with Crippen molar-refractivity contribution in [1.29, 1.82) is 0 Å². The molecule has 1 unspecified atom stereocenters. The number of ether oxygens (including phenoxy) is 1. The maximum atomic E-state index is 14.5. The quantitative estimate of drug-likeness (QED) is 0.637. The molecule has 2 aromatic rings. The molecule has 0 saturated heterocycles. The average Bonchev–Trinajstić information content (AvgIpc) is 3.15. The summed E-state index contributed by atoms with van der Waals surface area (Å²) >= 11 is 1.27. The Balaban J connectivity index is 2.13. The fraction of sp³-hybridized carbons (Fsp3) is 0.364. The third kappa shape index (κ3) is 4.40. The molecule has 0 spiro atoms. The van der Waals surface area contributed by atoms with E-state index in [0.29, 0.717) is 6.42 Å². The molecule has 1 aliphatic rings. The van der Waals surface area contributed by atoms with Crippen LogP contribution < -0.4 is 5.32 Å². The lowest BCUT2D eigenvalue weighted by atomic mass is 9.99. The van der Waals surface area contributed by atoms with Crippen molar-refractivity contribution in [1.82, 2.24) is 10.3 Å². The zero-order valence-electron chi connectivity index (χ0n) is 17.2. The predicted octanol–water partition coefficient (Wildman–Crippen LogP) is 4.09. The number of methoxy groups -OCH3 is 1. The van der Waals surface area contributed by atoms with Crippen molar-refractivity contribution in [3.63, 3.8) is 0 Å². The minimum Gasteiger partial charge on any atom is -0.372 e. The molecule has 0 aliphatic carbocycles. The van der Waals surface area contributed by atoms with Crippen LogP contribution in [-0.2, 0) is 14.4 Å². The molecular formula is C22H25F2N3O2S. The van der Waals surface area contributed by atoms with Crippen LogP contribution in [0.5, 0.6) is 0 Å². The summed E-state index contributed by atoms with van der Waals surface area (Å²) in [6, 6.07) is 12.8. The van der Waals surface area contributed by atoms with E-state index in [-0.39, 0.29) is 16.5 Å². The first-order chi connectivity index (χ1) is 14.4. The summed E-state index contributed by atoms with van der Waals surface area (Å²) in [5, 5.41) is 9.25. The SMILES string of the molecule is CNCCC[C@@]1(c2ccccc2)SC(c2cc(F)ccc2F)=NN1C(=O)C(C)OC. The summed E-state index contributed by atoms with van der Waals surface area (Å²) in [4.78, 5) is 12.3. The van der Waals surface area contributed by atoms with Gasteiger partial charge in [-0.2, -0.15) is 5.10 Å². The second-order valence-electron chi connectivity index (χ2n) is 7.02. The summed E-state index contributed by atoms with van der Waals surface area (Å²) < 4.78 is 33.6. The fourth-order valence-electron chi connectivity index (χ4n) is 3.35. The summed E-state index contributed by atoms with van der Waals surface area (Å²) in [5.74, 6) is -1.50. The first-order valence-corrected chi connectivity index (χ1v) is 10.5. The molecule has 1 heterocycles. The van der Waals surface area contributed by atoms with Gasteiger partial charge in [-0.15, -0.1) is 0 Å². The van der Waals surface area contributed by atoms with Gasteiger partial charge in [0.05, 0.1) is 0 Å². The summed E-state index contributed by atoms with van der Waals surface area (Å²) in [7, 11) is 3.31. The van der Waals surface area contributed by atoms with Crippen LogP contribution in [-0.4, -0.2) is 42.8 Å². The van der Waals surface area contributed by atoms with Crippen LogP contribution in [0.15, 0.2) is 53.6 Å². The Morgan fingerprint density at radius 1 is 1.27 bits per heavy atom. The van der Waals surface area contributed by atoms with E-state index in [9.17, 15) is 13.6 Å². The van der Waals surface area contributed by atoms with Gasteiger partial charge >= 0.3 is 0 Å². The van der Waals surface area contributed by atoms with E-state index in [1.165, 1.54) is 23.9 Å². The number of nitrogens with one attached hydrogen (secondary N) is 1. The maximum Gasteiger partial charge on any atom is 0.273 e. The van der Waals surface area contributed by atoms with Crippen molar-refractivity contribution in [2.45, 2.75) is 30.7 Å². The number of hydrazone groups is 1. The Kier molecular flexibility index (Phi) is 7.23. The number of carbonyl (C=O) groups is 1. The maximum absolute atomic E-state index is 14.5.